The Kier molecular flexibility index (Phi) is 5.82. The van der Waals surface area contributed by atoms with E-state index >= 15 is 0 Å². The molecule has 0 aliphatic carbocycles. The van der Waals surface area contributed by atoms with Crippen LogP contribution in [0.15, 0.2) is 47.6 Å². The molecule has 0 amide bonds. The molecule has 7 heteroatoms. The predicted molar refractivity (Wildman–Crippen MR) is 94.9 cm³/mol. The molecule has 0 aliphatic heterocycles. The number of benzene rings is 2. The summed E-state index contributed by atoms with van der Waals surface area (Å²) >= 11 is 23.1. The molecule has 0 aromatic heterocycles. The van der Waals surface area contributed by atoms with E-state index in [1.807, 2.05) is 30.3 Å². The molecule has 0 atom stereocenters. The lowest BCUT2D eigenvalue weighted by Crippen LogP contribution is -2.23. The van der Waals surface area contributed by atoms with E-state index in [4.69, 9.17) is 47.0 Å². The molecular formula is C14H10Cl3N3S. The second kappa shape index (κ2) is 7.61. The molecule has 0 radical (unpaired) electrons. The van der Waals surface area contributed by atoms with Gasteiger partial charge in [0.05, 0.1) is 21.3 Å². The fraction of sp³-hybridized carbons (Fsp3) is 0. The SMILES string of the molecule is S=C(NN=Cc1c(Cl)ccc(Cl)c1Cl)Nc1ccccc1. The summed E-state index contributed by atoms with van der Waals surface area (Å²) in [5.41, 5.74) is 4.08. The van der Waals surface area contributed by atoms with Gasteiger partial charge in [-0.25, -0.2) is 0 Å². The van der Waals surface area contributed by atoms with Crippen molar-refractivity contribution in [1.82, 2.24) is 5.43 Å². The van der Waals surface area contributed by atoms with E-state index in [2.05, 4.69) is 15.8 Å². The first-order valence-corrected chi connectivity index (χ1v) is 7.41. The molecule has 0 saturated heterocycles. The molecule has 0 bridgehead atoms. The summed E-state index contributed by atoms with van der Waals surface area (Å²) in [6, 6.07) is 12.8. The van der Waals surface area contributed by atoms with Crippen molar-refractivity contribution >= 4 is 64.0 Å². The second-order valence-corrected chi connectivity index (χ2v) is 5.55. The Morgan fingerprint density at radius 1 is 1.00 bits per heavy atom. The van der Waals surface area contributed by atoms with Gasteiger partial charge in [0, 0.05) is 11.3 Å². The average molecular weight is 359 g/mol. The van der Waals surface area contributed by atoms with E-state index < -0.39 is 0 Å². The summed E-state index contributed by atoms with van der Waals surface area (Å²) < 4.78 is 0. The zero-order valence-corrected chi connectivity index (χ0v) is 13.7. The monoisotopic (exact) mass is 357 g/mol. The highest BCUT2D eigenvalue weighted by Gasteiger charge is 2.07. The molecule has 2 aromatic rings. The molecule has 0 fully saturated rings. The quantitative estimate of drug-likeness (QED) is 0.352. The van der Waals surface area contributed by atoms with Crippen molar-refractivity contribution in [2.45, 2.75) is 0 Å². The second-order valence-electron chi connectivity index (χ2n) is 3.95. The van der Waals surface area contributed by atoms with Crippen molar-refractivity contribution in [3.63, 3.8) is 0 Å². The van der Waals surface area contributed by atoms with Crippen LogP contribution in [0.4, 0.5) is 5.69 Å². The first-order chi connectivity index (χ1) is 10.1. The number of hydrogen-bond acceptors (Lipinski definition) is 2. The van der Waals surface area contributed by atoms with Crippen LogP contribution in [0.2, 0.25) is 15.1 Å². The lowest BCUT2D eigenvalue weighted by molar-refractivity contribution is 1.05. The topological polar surface area (TPSA) is 36.4 Å². The molecule has 2 aromatic carbocycles. The molecular weight excluding hydrogens is 349 g/mol. The Bertz CT molecular complexity index is 675. The van der Waals surface area contributed by atoms with Gasteiger partial charge >= 0.3 is 0 Å². The highest BCUT2D eigenvalue weighted by atomic mass is 35.5. The van der Waals surface area contributed by atoms with Gasteiger partial charge in [-0.15, -0.1) is 0 Å². The van der Waals surface area contributed by atoms with Crippen LogP contribution < -0.4 is 10.7 Å². The van der Waals surface area contributed by atoms with Crippen molar-refractivity contribution < 1.29 is 0 Å². The van der Waals surface area contributed by atoms with Crippen molar-refractivity contribution in [3.8, 4) is 0 Å². The summed E-state index contributed by atoms with van der Waals surface area (Å²) in [4.78, 5) is 0. The normalized spacial score (nSPS) is 10.6. The zero-order valence-electron chi connectivity index (χ0n) is 10.6. The van der Waals surface area contributed by atoms with Gasteiger partial charge in [-0.1, -0.05) is 53.0 Å². The number of anilines is 1. The standard InChI is InChI=1S/C14H10Cl3N3S/c15-11-6-7-12(16)13(17)10(11)8-18-20-14(21)19-9-4-2-1-3-5-9/h1-8H,(H2,19,20,21). The molecule has 2 rings (SSSR count). The number of nitrogens with zero attached hydrogens (tertiary/aromatic N) is 1. The van der Waals surface area contributed by atoms with Gasteiger partial charge in [-0.2, -0.15) is 5.10 Å². The van der Waals surface area contributed by atoms with E-state index in [0.717, 1.165) is 5.69 Å². The van der Waals surface area contributed by atoms with E-state index in [1.165, 1.54) is 6.21 Å². The van der Waals surface area contributed by atoms with Gasteiger partial charge in [-0.3, -0.25) is 5.43 Å². The Morgan fingerprint density at radius 3 is 2.38 bits per heavy atom. The lowest BCUT2D eigenvalue weighted by atomic mass is 10.2. The summed E-state index contributed by atoms with van der Waals surface area (Å²) in [6.07, 6.45) is 1.47. The Morgan fingerprint density at radius 2 is 1.67 bits per heavy atom. The van der Waals surface area contributed by atoms with Crippen LogP contribution in [-0.4, -0.2) is 11.3 Å². The summed E-state index contributed by atoms with van der Waals surface area (Å²) in [5.74, 6) is 0. The molecule has 3 nitrogen and oxygen atoms in total. The third kappa shape index (κ3) is 4.58. The van der Waals surface area contributed by atoms with Gasteiger partial charge in [0.15, 0.2) is 5.11 Å². The van der Waals surface area contributed by atoms with Gasteiger partial charge in [-0.05, 0) is 36.5 Å². The number of thiocarbonyl (C=S) groups is 1. The third-order valence-corrected chi connectivity index (χ3v) is 3.81. The Labute approximate surface area is 142 Å². The van der Waals surface area contributed by atoms with Crippen molar-refractivity contribution in [2.75, 3.05) is 5.32 Å². The van der Waals surface area contributed by atoms with Crippen LogP contribution in [0.5, 0.6) is 0 Å². The van der Waals surface area contributed by atoms with E-state index in [0.29, 0.717) is 25.7 Å². The minimum atomic E-state index is 0.344. The van der Waals surface area contributed by atoms with Crippen LogP contribution in [-0.2, 0) is 0 Å². The van der Waals surface area contributed by atoms with E-state index in [-0.39, 0.29) is 0 Å². The molecule has 0 saturated carbocycles. The first-order valence-electron chi connectivity index (χ1n) is 5.86. The van der Waals surface area contributed by atoms with E-state index in [9.17, 15) is 0 Å². The average Bonchev–Trinajstić information content (AvgIpc) is 2.48. The fourth-order valence-corrected chi connectivity index (χ4v) is 2.30. The van der Waals surface area contributed by atoms with Gasteiger partial charge in [0.1, 0.15) is 0 Å². The number of para-hydroxylation sites is 1. The maximum absolute atomic E-state index is 6.06. The summed E-state index contributed by atoms with van der Waals surface area (Å²) in [5, 5.41) is 8.54. The third-order valence-electron chi connectivity index (χ3n) is 2.47. The van der Waals surface area contributed by atoms with Crippen LogP contribution in [0.25, 0.3) is 0 Å². The minimum Gasteiger partial charge on any atom is -0.331 e. The maximum Gasteiger partial charge on any atom is 0.191 e. The van der Waals surface area contributed by atoms with Gasteiger partial charge < -0.3 is 5.32 Å². The highest BCUT2D eigenvalue weighted by Crippen LogP contribution is 2.29. The van der Waals surface area contributed by atoms with Gasteiger partial charge in [0.2, 0.25) is 0 Å². The highest BCUT2D eigenvalue weighted by molar-refractivity contribution is 7.80. The van der Waals surface area contributed by atoms with Crippen molar-refractivity contribution in [3.05, 3.63) is 63.1 Å². The molecule has 21 heavy (non-hydrogen) atoms. The number of rotatable bonds is 3. The van der Waals surface area contributed by atoms with Gasteiger partial charge in [0.25, 0.3) is 0 Å². The van der Waals surface area contributed by atoms with Crippen LogP contribution in [0, 0.1) is 0 Å². The maximum atomic E-state index is 6.06. The van der Waals surface area contributed by atoms with Crippen LogP contribution in [0.3, 0.4) is 0 Å². The molecule has 2 N–H and O–H groups in total. The molecule has 0 aliphatic rings. The fourth-order valence-electron chi connectivity index (χ4n) is 1.50. The lowest BCUT2D eigenvalue weighted by Gasteiger charge is -2.07. The number of halogens is 3. The van der Waals surface area contributed by atoms with Crippen LogP contribution in [0.1, 0.15) is 5.56 Å². The number of hydrogen-bond donors (Lipinski definition) is 2. The number of nitrogens with one attached hydrogen (secondary N) is 2. The molecule has 0 spiro atoms. The first kappa shape index (κ1) is 16.0. The molecule has 108 valence electrons. The molecule has 0 heterocycles. The smallest absolute Gasteiger partial charge is 0.191 e. The van der Waals surface area contributed by atoms with Crippen molar-refractivity contribution in [2.24, 2.45) is 5.10 Å². The van der Waals surface area contributed by atoms with Crippen LogP contribution >= 0.6 is 47.0 Å². The Balaban J connectivity index is 2.00. The summed E-state index contributed by atoms with van der Waals surface area (Å²) in [7, 11) is 0. The van der Waals surface area contributed by atoms with E-state index in [1.54, 1.807) is 12.1 Å². The van der Waals surface area contributed by atoms with Crippen molar-refractivity contribution in [1.29, 1.82) is 0 Å². The minimum absolute atomic E-state index is 0.344. The predicted octanol–water partition coefficient (Wildman–Crippen LogP) is 4.97. The summed E-state index contributed by atoms with van der Waals surface area (Å²) in [6.45, 7) is 0. The zero-order chi connectivity index (χ0) is 15.2. The Hall–Kier alpha value is -1.33. The molecule has 0 unspecified atom stereocenters. The number of hydrazone groups is 1. The largest absolute Gasteiger partial charge is 0.331 e.